The Hall–Kier alpha value is -0.530. The molecule has 0 aromatic heterocycles. The Balaban J connectivity index is 1.90. The molecule has 3 aliphatic rings. The Morgan fingerprint density at radius 1 is 1.14 bits per heavy atom. The molecule has 1 saturated heterocycles. The normalized spacial score (nSPS) is 55.7. The summed E-state index contributed by atoms with van der Waals surface area (Å²) < 4.78 is 0. The summed E-state index contributed by atoms with van der Waals surface area (Å²) in [6.45, 7) is 5.79. The maximum atomic E-state index is 11.3. The third-order valence-electron chi connectivity index (χ3n) is 5.41. The molecule has 2 heteroatoms. The lowest BCUT2D eigenvalue weighted by atomic mass is 9.53. The molecule has 0 bridgehead atoms. The molecule has 3 fully saturated rings. The van der Waals surface area contributed by atoms with Gasteiger partial charge in [0, 0.05) is 13.0 Å². The average Bonchev–Trinajstić information content (AvgIpc) is 2.50. The second kappa shape index (κ2) is 2.17. The van der Waals surface area contributed by atoms with Gasteiger partial charge >= 0.3 is 0 Å². The number of hydrogen-bond donors (Lipinski definition) is 1. The van der Waals surface area contributed by atoms with Crippen molar-refractivity contribution in [1.29, 1.82) is 0 Å². The largest absolute Gasteiger partial charge is 0.356 e. The fourth-order valence-electron chi connectivity index (χ4n) is 4.30. The zero-order chi connectivity index (χ0) is 10.0. The molecular weight excluding hydrogens is 174 g/mol. The highest BCUT2D eigenvalue weighted by Crippen LogP contribution is 2.72. The molecule has 2 nitrogen and oxygen atoms in total. The lowest BCUT2D eigenvalue weighted by Gasteiger charge is -2.52. The Labute approximate surface area is 85.4 Å². The first-order valence-corrected chi connectivity index (χ1v) is 5.74. The summed E-state index contributed by atoms with van der Waals surface area (Å²) in [4.78, 5) is 11.3. The summed E-state index contributed by atoms with van der Waals surface area (Å²) in [6, 6.07) is 0. The molecule has 0 aromatic carbocycles. The van der Waals surface area contributed by atoms with Crippen molar-refractivity contribution >= 4 is 5.91 Å². The molecular formula is C12H19NO. The number of fused-ring (bicyclic) bond motifs is 1. The van der Waals surface area contributed by atoms with E-state index in [1.165, 1.54) is 25.7 Å². The Morgan fingerprint density at radius 3 is 2.07 bits per heavy atom. The third-order valence-corrected chi connectivity index (χ3v) is 5.41. The molecule has 1 amide bonds. The average molecular weight is 193 g/mol. The molecule has 14 heavy (non-hydrogen) atoms. The Bertz CT molecular complexity index is 293. The third kappa shape index (κ3) is 0.850. The maximum absolute atomic E-state index is 11.3. The number of carbonyl (C=O) groups is 1. The highest BCUT2D eigenvalue weighted by atomic mass is 16.1. The van der Waals surface area contributed by atoms with Crippen LogP contribution in [0.2, 0.25) is 0 Å². The van der Waals surface area contributed by atoms with E-state index in [9.17, 15) is 4.79 Å². The summed E-state index contributed by atoms with van der Waals surface area (Å²) in [7, 11) is 0. The van der Waals surface area contributed by atoms with Crippen LogP contribution in [-0.4, -0.2) is 12.5 Å². The Morgan fingerprint density at radius 2 is 1.71 bits per heavy atom. The van der Waals surface area contributed by atoms with E-state index in [0.29, 0.717) is 16.2 Å². The van der Waals surface area contributed by atoms with Gasteiger partial charge in [-0.25, -0.2) is 0 Å². The quantitative estimate of drug-likeness (QED) is 0.627. The van der Waals surface area contributed by atoms with E-state index in [4.69, 9.17) is 0 Å². The van der Waals surface area contributed by atoms with Crippen LogP contribution in [0.25, 0.3) is 0 Å². The van der Waals surface area contributed by atoms with E-state index in [0.717, 1.165) is 13.0 Å². The lowest BCUT2D eigenvalue weighted by Crippen LogP contribution is -2.42. The van der Waals surface area contributed by atoms with Crippen molar-refractivity contribution < 1.29 is 4.79 Å². The maximum Gasteiger partial charge on any atom is 0.220 e. The molecule has 1 aliphatic heterocycles. The molecule has 1 spiro atoms. The van der Waals surface area contributed by atoms with Gasteiger partial charge in [-0.15, -0.1) is 0 Å². The molecule has 2 saturated carbocycles. The first kappa shape index (κ1) is 8.75. The van der Waals surface area contributed by atoms with Crippen LogP contribution in [0.4, 0.5) is 0 Å². The van der Waals surface area contributed by atoms with Gasteiger partial charge in [-0.2, -0.15) is 0 Å². The molecule has 0 aromatic rings. The summed E-state index contributed by atoms with van der Waals surface area (Å²) in [5, 5.41) is 3.02. The standard InChI is InChI=1S/C12H19NO/c1-10-3-4-11(10,2)7-12(6-10)5-9(14)13-8-12/h3-8H2,1-2H3,(H,13,14)/t10-,11?,12?/m1/s1. The van der Waals surface area contributed by atoms with Crippen molar-refractivity contribution in [2.75, 3.05) is 6.54 Å². The summed E-state index contributed by atoms with van der Waals surface area (Å²) in [5.74, 6) is 0.276. The number of rotatable bonds is 0. The van der Waals surface area contributed by atoms with Gasteiger partial charge in [-0.05, 0) is 41.9 Å². The van der Waals surface area contributed by atoms with E-state index in [-0.39, 0.29) is 5.91 Å². The van der Waals surface area contributed by atoms with E-state index in [1.807, 2.05) is 0 Å². The van der Waals surface area contributed by atoms with Crippen LogP contribution in [0, 0.1) is 16.2 Å². The highest BCUT2D eigenvalue weighted by molar-refractivity contribution is 5.79. The van der Waals surface area contributed by atoms with E-state index in [2.05, 4.69) is 19.2 Å². The molecule has 1 heterocycles. The second-order valence-corrected chi connectivity index (χ2v) is 6.43. The van der Waals surface area contributed by atoms with E-state index >= 15 is 0 Å². The molecule has 2 unspecified atom stereocenters. The van der Waals surface area contributed by atoms with Gasteiger partial charge in [0.25, 0.3) is 0 Å². The number of nitrogens with one attached hydrogen (secondary N) is 1. The first-order chi connectivity index (χ1) is 6.47. The smallest absolute Gasteiger partial charge is 0.220 e. The minimum absolute atomic E-state index is 0.276. The highest BCUT2D eigenvalue weighted by Gasteiger charge is 2.64. The van der Waals surface area contributed by atoms with Crippen molar-refractivity contribution in [3.8, 4) is 0 Å². The number of amides is 1. The minimum Gasteiger partial charge on any atom is -0.356 e. The van der Waals surface area contributed by atoms with Crippen molar-refractivity contribution in [2.45, 2.75) is 46.0 Å². The van der Waals surface area contributed by atoms with Gasteiger partial charge in [0.05, 0.1) is 0 Å². The van der Waals surface area contributed by atoms with E-state index < -0.39 is 0 Å². The molecule has 78 valence electrons. The van der Waals surface area contributed by atoms with Crippen LogP contribution in [-0.2, 0) is 4.79 Å². The van der Waals surface area contributed by atoms with Crippen LogP contribution in [0.3, 0.4) is 0 Å². The van der Waals surface area contributed by atoms with Crippen LogP contribution >= 0.6 is 0 Å². The molecule has 3 rings (SSSR count). The molecule has 0 radical (unpaired) electrons. The first-order valence-electron chi connectivity index (χ1n) is 5.74. The predicted octanol–water partition coefficient (Wildman–Crippen LogP) is 2.09. The lowest BCUT2D eigenvalue weighted by molar-refractivity contribution is -0.119. The van der Waals surface area contributed by atoms with Crippen LogP contribution in [0.15, 0.2) is 0 Å². The van der Waals surface area contributed by atoms with Crippen LogP contribution in [0.1, 0.15) is 46.0 Å². The summed E-state index contributed by atoms with van der Waals surface area (Å²) >= 11 is 0. The van der Waals surface area contributed by atoms with Gasteiger partial charge in [0.15, 0.2) is 0 Å². The zero-order valence-corrected chi connectivity index (χ0v) is 9.15. The topological polar surface area (TPSA) is 29.1 Å². The minimum atomic E-state index is 0.276. The van der Waals surface area contributed by atoms with E-state index in [1.54, 1.807) is 0 Å². The van der Waals surface area contributed by atoms with Gasteiger partial charge in [0.2, 0.25) is 5.91 Å². The molecule has 1 N–H and O–H groups in total. The fourth-order valence-corrected chi connectivity index (χ4v) is 4.30. The van der Waals surface area contributed by atoms with Crippen LogP contribution < -0.4 is 5.32 Å². The number of hydrogen-bond acceptors (Lipinski definition) is 1. The fraction of sp³-hybridized carbons (Fsp3) is 0.917. The van der Waals surface area contributed by atoms with Gasteiger partial charge < -0.3 is 5.32 Å². The van der Waals surface area contributed by atoms with Gasteiger partial charge in [-0.1, -0.05) is 13.8 Å². The van der Waals surface area contributed by atoms with Gasteiger partial charge in [-0.3, -0.25) is 4.79 Å². The molecule has 2 aliphatic carbocycles. The van der Waals surface area contributed by atoms with Crippen molar-refractivity contribution in [1.82, 2.24) is 5.32 Å². The SMILES string of the molecule is CC12CC[C@]1(C)CC1(CNC(=O)C1)C2. The van der Waals surface area contributed by atoms with Gasteiger partial charge in [0.1, 0.15) is 0 Å². The predicted molar refractivity (Wildman–Crippen MR) is 54.7 cm³/mol. The van der Waals surface area contributed by atoms with Crippen molar-refractivity contribution in [3.05, 3.63) is 0 Å². The number of carbonyl (C=O) groups excluding carboxylic acids is 1. The Kier molecular flexibility index (Phi) is 1.36. The second-order valence-electron chi connectivity index (χ2n) is 6.43. The molecule has 3 atom stereocenters. The monoisotopic (exact) mass is 193 g/mol. The summed E-state index contributed by atoms with van der Waals surface area (Å²) in [5.41, 5.74) is 1.41. The van der Waals surface area contributed by atoms with Crippen molar-refractivity contribution in [2.24, 2.45) is 16.2 Å². The zero-order valence-electron chi connectivity index (χ0n) is 9.15. The summed E-state index contributed by atoms with van der Waals surface area (Å²) in [6.07, 6.45) is 6.08. The van der Waals surface area contributed by atoms with Crippen LogP contribution in [0.5, 0.6) is 0 Å². The van der Waals surface area contributed by atoms with Crippen molar-refractivity contribution in [3.63, 3.8) is 0 Å².